The Morgan fingerprint density at radius 1 is 1.05 bits per heavy atom. The highest BCUT2D eigenvalue weighted by atomic mass is 19.1. The van der Waals surface area contributed by atoms with Gasteiger partial charge in [0.25, 0.3) is 0 Å². The maximum absolute atomic E-state index is 14.6. The van der Waals surface area contributed by atoms with Crippen LogP contribution in [0, 0.1) is 5.82 Å². The summed E-state index contributed by atoms with van der Waals surface area (Å²) in [4.78, 5) is 30.6. The van der Waals surface area contributed by atoms with E-state index in [0.717, 1.165) is 0 Å². The average Bonchev–Trinajstić information content (AvgIpc) is 3.34. The third kappa shape index (κ3) is 5.99. The zero-order chi connectivity index (χ0) is 26.7. The number of nitrogens with zero attached hydrogens (tertiary/aromatic N) is 4. The van der Waals surface area contributed by atoms with Gasteiger partial charge in [-0.15, -0.1) is 10.2 Å². The van der Waals surface area contributed by atoms with Gasteiger partial charge in [-0.3, -0.25) is 4.79 Å². The number of H-pyrrole nitrogens is 1. The van der Waals surface area contributed by atoms with E-state index in [1.807, 2.05) is 43.9 Å². The van der Waals surface area contributed by atoms with Crippen LogP contribution in [0.1, 0.15) is 27.7 Å². The van der Waals surface area contributed by atoms with Crippen molar-refractivity contribution < 1.29 is 23.5 Å². The molecule has 4 rings (SSSR count). The van der Waals surface area contributed by atoms with Gasteiger partial charge in [0.05, 0.1) is 18.4 Å². The Balaban J connectivity index is 1.53. The zero-order valence-electron chi connectivity index (χ0n) is 21.6. The maximum atomic E-state index is 14.6. The topological polar surface area (TPSA) is 113 Å². The van der Waals surface area contributed by atoms with Crippen LogP contribution in [-0.2, 0) is 9.53 Å². The SMILES string of the molecule is COc1c(-c2ccc(NC(C)=O)c(F)c2)cccc1-c1nnc(N2CCN(C(=O)OC(C)(C)C)CC2)[nH]1. The number of methoxy groups -OCH3 is 1. The van der Waals surface area contributed by atoms with E-state index in [1.165, 1.54) is 26.2 Å². The Hall–Kier alpha value is -4.15. The van der Waals surface area contributed by atoms with Crippen molar-refractivity contribution in [2.24, 2.45) is 0 Å². The summed E-state index contributed by atoms with van der Waals surface area (Å²) in [6, 6.07) is 10.1. The molecular formula is C26H31FN6O4. The lowest BCUT2D eigenvalue weighted by atomic mass is 10.0. The third-order valence-electron chi connectivity index (χ3n) is 5.77. The fourth-order valence-electron chi connectivity index (χ4n) is 4.09. The summed E-state index contributed by atoms with van der Waals surface area (Å²) < 4.78 is 25.8. The number of aromatic nitrogens is 3. The van der Waals surface area contributed by atoms with Gasteiger partial charge in [0.15, 0.2) is 5.82 Å². The van der Waals surface area contributed by atoms with E-state index in [-0.39, 0.29) is 17.7 Å². The lowest BCUT2D eigenvalue weighted by molar-refractivity contribution is -0.114. The highest BCUT2D eigenvalue weighted by Gasteiger charge is 2.27. The molecule has 0 atom stereocenters. The van der Waals surface area contributed by atoms with Gasteiger partial charge in [0.2, 0.25) is 11.9 Å². The van der Waals surface area contributed by atoms with Gasteiger partial charge in [0, 0.05) is 38.7 Å². The quantitative estimate of drug-likeness (QED) is 0.526. The van der Waals surface area contributed by atoms with Crippen LogP contribution in [0.4, 0.5) is 20.8 Å². The molecule has 196 valence electrons. The normalized spacial score (nSPS) is 13.9. The molecule has 1 aliphatic rings. The molecular weight excluding hydrogens is 479 g/mol. The minimum absolute atomic E-state index is 0.109. The molecule has 1 aliphatic heterocycles. The predicted octanol–water partition coefficient (Wildman–Crippen LogP) is 4.30. The molecule has 2 N–H and O–H groups in total. The molecule has 1 fully saturated rings. The fraction of sp³-hybridized carbons (Fsp3) is 0.385. The second kappa shape index (κ2) is 10.5. The average molecular weight is 511 g/mol. The molecule has 0 saturated carbocycles. The van der Waals surface area contributed by atoms with E-state index < -0.39 is 11.4 Å². The van der Waals surface area contributed by atoms with Gasteiger partial charge in [-0.25, -0.2) is 9.18 Å². The van der Waals surface area contributed by atoms with Crippen LogP contribution in [0.2, 0.25) is 0 Å². The standard InChI is InChI=1S/C26H31FN6O4/c1-16(34)28-21-10-9-17(15-20(21)27)18-7-6-8-19(22(18)36-5)23-29-24(31-30-23)32-11-13-33(14-12-32)25(35)37-26(2,3)4/h6-10,15H,11-14H2,1-5H3,(H,28,34)(H,29,30,31). The number of nitrogens with one attached hydrogen (secondary N) is 2. The van der Waals surface area contributed by atoms with Gasteiger partial charge in [-0.1, -0.05) is 18.2 Å². The van der Waals surface area contributed by atoms with Crippen molar-refractivity contribution in [2.75, 3.05) is 43.5 Å². The number of carbonyl (C=O) groups is 2. The Kier molecular flexibility index (Phi) is 7.33. The summed E-state index contributed by atoms with van der Waals surface area (Å²) >= 11 is 0. The number of anilines is 2. The predicted molar refractivity (Wildman–Crippen MR) is 138 cm³/mol. The molecule has 2 amide bonds. The number of hydrogen-bond acceptors (Lipinski definition) is 7. The number of carbonyl (C=O) groups excluding carboxylic acids is 2. The molecule has 3 aromatic rings. The van der Waals surface area contributed by atoms with Crippen molar-refractivity contribution in [3.63, 3.8) is 0 Å². The van der Waals surface area contributed by atoms with E-state index in [2.05, 4.69) is 20.5 Å². The van der Waals surface area contributed by atoms with Crippen LogP contribution in [-0.4, -0.2) is 71.0 Å². The minimum Gasteiger partial charge on any atom is -0.495 e. The number of benzene rings is 2. The van der Waals surface area contributed by atoms with Gasteiger partial charge < -0.3 is 29.6 Å². The highest BCUT2D eigenvalue weighted by molar-refractivity contribution is 5.89. The van der Waals surface area contributed by atoms with Crippen molar-refractivity contribution in [2.45, 2.75) is 33.3 Å². The third-order valence-corrected chi connectivity index (χ3v) is 5.77. The van der Waals surface area contributed by atoms with E-state index in [9.17, 15) is 14.0 Å². The monoisotopic (exact) mass is 510 g/mol. The lowest BCUT2D eigenvalue weighted by Gasteiger charge is -2.35. The van der Waals surface area contributed by atoms with E-state index in [4.69, 9.17) is 9.47 Å². The van der Waals surface area contributed by atoms with Crippen LogP contribution in [0.25, 0.3) is 22.5 Å². The fourth-order valence-corrected chi connectivity index (χ4v) is 4.09. The second-order valence-corrected chi connectivity index (χ2v) is 9.71. The number of aromatic amines is 1. The summed E-state index contributed by atoms with van der Waals surface area (Å²) in [7, 11) is 1.54. The largest absolute Gasteiger partial charge is 0.495 e. The number of rotatable bonds is 5. The first kappa shape index (κ1) is 25.9. The second-order valence-electron chi connectivity index (χ2n) is 9.71. The first-order chi connectivity index (χ1) is 17.6. The minimum atomic E-state index is -0.548. The molecule has 0 aliphatic carbocycles. The Morgan fingerprint density at radius 3 is 2.38 bits per heavy atom. The van der Waals surface area contributed by atoms with Crippen LogP contribution in [0.3, 0.4) is 0 Å². The highest BCUT2D eigenvalue weighted by Crippen LogP contribution is 2.38. The molecule has 0 bridgehead atoms. The summed E-state index contributed by atoms with van der Waals surface area (Å²) in [5, 5.41) is 11.1. The van der Waals surface area contributed by atoms with E-state index in [0.29, 0.717) is 60.4 Å². The summed E-state index contributed by atoms with van der Waals surface area (Å²) in [5.41, 5.74) is 1.48. The van der Waals surface area contributed by atoms with Gasteiger partial charge in [-0.2, -0.15) is 0 Å². The first-order valence-electron chi connectivity index (χ1n) is 12.0. The summed E-state index contributed by atoms with van der Waals surface area (Å²) in [5.74, 6) is 0.688. The van der Waals surface area contributed by atoms with Gasteiger partial charge in [-0.05, 0) is 44.5 Å². The number of para-hydroxylation sites is 1. The summed E-state index contributed by atoms with van der Waals surface area (Å²) in [6.07, 6.45) is -0.325. The van der Waals surface area contributed by atoms with E-state index >= 15 is 0 Å². The number of amides is 2. The lowest BCUT2D eigenvalue weighted by Crippen LogP contribution is -2.50. The molecule has 0 unspecified atom stereocenters. The number of ether oxygens (including phenoxy) is 2. The first-order valence-corrected chi connectivity index (χ1v) is 12.0. The van der Waals surface area contributed by atoms with Gasteiger partial charge >= 0.3 is 6.09 Å². The molecule has 2 aromatic carbocycles. The van der Waals surface area contributed by atoms with Crippen LogP contribution in [0.5, 0.6) is 5.75 Å². The Bertz CT molecular complexity index is 1290. The van der Waals surface area contributed by atoms with Crippen molar-refractivity contribution >= 4 is 23.6 Å². The number of halogens is 1. The summed E-state index contributed by atoms with van der Waals surface area (Å²) in [6.45, 7) is 9.02. The Labute approximate surface area is 214 Å². The zero-order valence-corrected chi connectivity index (χ0v) is 21.6. The molecule has 11 heteroatoms. The molecule has 1 aromatic heterocycles. The molecule has 1 saturated heterocycles. The molecule has 2 heterocycles. The number of hydrogen-bond donors (Lipinski definition) is 2. The van der Waals surface area contributed by atoms with Crippen molar-refractivity contribution in [1.82, 2.24) is 20.1 Å². The van der Waals surface area contributed by atoms with E-state index in [1.54, 1.807) is 11.0 Å². The molecule has 37 heavy (non-hydrogen) atoms. The van der Waals surface area contributed by atoms with Crippen molar-refractivity contribution in [3.8, 4) is 28.3 Å². The molecule has 10 nitrogen and oxygen atoms in total. The molecule has 0 radical (unpaired) electrons. The van der Waals surface area contributed by atoms with Crippen molar-refractivity contribution in [1.29, 1.82) is 0 Å². The van der Waals surface area contributed by atoms with Crippen LogP contribution in [0.15, 0.2) is 36.4 Å². The Morgan fingerprint density at radius 2 is 1.76 bits per heavy atom. The van der Waals surface area contributed by atoms with Crippen LogP contribution >= 0.6 is 0 Å². The number of piperazine rings is 1. The smallest absolute Gasteiger partial charge is 0.410 e. The molecule has 0 spiro atoms. The maximum Gasteiger partial charge on any atom is 0.410 e. The van der Waals surface area contributed by atoms with Gasteiger partial charge in [0.1, 0.15) is 17.2 Å². The van der Waals surface area contributed by atoms with Crippen LogP contribution < -0.4 is 15.0 Å². The van der Waals surface area contributed by atoms with Crippen molar-refractivity contribution in [3.05, 3.63) is 42.2 Å².